The fraction of sp³-hybridized carbons (Fsp3) is 0.143. The number of rotatable bonds is 2. The van der Waals surface area contributed by atoms with E-state index in [0.29, 0.717) is 10.6 Å². The van der Waals surface area contributed by atoms with Crippen LogP contribution in [0.4, 0.5) is 0 Å². The zero-order chi connectivity index (χ0) is 10.0. The fourth-order valence-corrected chi connectivity index (χ4v) is 1.97. The van der Waals surface area contributed by atoms with E-state index in [-0.39, 0.29) is 9.43 Å². The Hall–Kier alpha value is -0.130. The summed E-state index contributed by atoms with van der Waals surface area (Å²) in [5.74, 6) is -1.09. The minimum atomic E-state index is -1.09. The van der Waals surface area contributed by atoms with Crippen molar-refractivity contribution in [2.45, 2.75) is 3.74 Å². The first-order valence-electron chi connectivity index (χ1n) is 3.19. The Balaban J connectivity index is 3.13. The summed E-state index contributed by atoms with van der Waals surface area (Å²) in [6.45, 7) is 0. The maximum Gasteiger partial charge on any atom is 0.354 e. The molecule has 0 bridgehead atoms. The average Bonchev–Trinajstić information content (AvgIpc) is 2.03. The van der Waals surface area contributed by atoms with Gasteiger partial charge in [-0.25, -0.2) is 9.78 Å². The van der Waals surface area contributed by atoms with E-state index < -0.39 is 5.97 Å². The van der Waals surface area contributed by atoms with Crippen LogP contribution in [-0.4, -0.2) is 16.1 Å². The van der Waals surface area contributed by atoms with E-state index in [1.54, 1.807) is 0 Å². The predicted molar refractivity (Wildman–Crippen MR) is 56.8 cm³/mol. The second kappa shape index (κ2) is 4.39. The van der Waals surface area contributed by atoms with Gasteiger partial charge in [-0.15, -0.1) is 0 Å². The van der Waals surface area contributed by atoms with Crippen LogP contribution in [0.5, 0.6) is 0 Å². The molecule has 3 nitrogen and oxygen atoms in total. The van der Waals surface area contributed by atoms with Crippen LogP contribution in [0.2, 0.25) is 5.02 Å². The highest BCUT2D eigenvalue weighted by Crippen LogP contribution is 2.33. The smallest absolute Gasteiger partial charge is 0.354 e. The lowest BCUT2D eigenvalue weighted by Crippen LogP contribution is -2.00. The molecule has 0 saturated carbocycles. The first-order valence-corrected chi connectivity index (χ1v) is 5.40. The van der Waals surface area contributed by atoms with Gasteiger partial charge in [-0.05, 0) is 6.07 Å². The number of pyridine rings is 1. The summed E-state index contributed by atoms with van der Waals surface area (Å²) in [5, 5.41) is 8.96. The monoisotopic (exact) mass is 327 g/mol. The SMILES string of the molecule is O=C(O)c1cc(Cl)c(C(Br)Br)cn1. The molecule has 0 aliphatic heterocycles. The molecule has 70 valence electrons. The molecule has 1 rings (SSSR count). The Labute approximate surface area is 96.4 Å². The molecule has 0 saturated heterocycles. The summed E-state index contributed by atoms with van der Waals surface area (Å²) in [6, 6.07) is 1.31. The molecule has 1 N–H and O–H groups in total. The highest BCUT2D eigenvalue weighted by atomic mass is 79.9. The molecule has 0 radical (unpaired) electrons. The molecule has 1 heterocycles. The summed E-state index contributed by atoms with van der Waals surface area (Å²) >= 11 is 12.3. The molecule has 0 amide bonds. The van der Waals surface area contributed by atoms with Gasteiger partial charge in [-0.2, -0.15) is 0 Å². The van der Waals surface area contributed by atoms with Crippen LogP contribution < -0.4 is 0 Å². The van der Waals surface area contributed by atoms with Crippen molar-refractivity contribution >= 4 is 49.4 Å². The average molecular weight is 329 g/mol. The van der Waals surface area contributed by atoms with Gasteiger partial charge in [0.2, 0.25) is 0 Å². The van der Waals surface area contributed by atoms with Gasteiger partial charge >= 0.3 is 5.97 Å². The maximum absolute atomic E-state index is 10.5. The van der Waals surface area contributed by atoms with Crippen LogP contribution in [0.1, 0.15) is 19.8 Å². The zero-order valence-electron chi connectivity index (χ0n) is 6.17. The summed E-state index contributed by atoms with van der Waals surface area (Å²) in [4.78, 5) is 14.2. The van der Waals surface area contributed by atoms with E-state index in [1.165, 1.54) is 12.3 Å². The number of carbonyl (C=O) groups is 1. The normalized spacial score (nSPS) is 10.5. The second-order valence-corrected chi connectivity index (χ2v) is 5.66. The Morgan fingerprint density at radius 3 is 2.62 bits per heavy atom. The molecule has 13 heavy (non-hydrogen) atoms. The van der Waals surface area contributed by atoms with Crippen molar-refractivity contribution in [3.8, 4) is 0 Å². The van der Waals surface area contributed by atoms with Gasteiger partial charge < -0.3 is 5.11 Å². The largest absolute Gasteiger partial charge is 0.477 e. The fourth-order valence-electron chi connectivity index (χ4n) is 0.719. The molecule has 1 aromatic heterocycles. The molecule has 0 unspecified atom stereocenters. The van der Waals surface area contributed by atoms with Crippen molar-refractivity contribution in [1.82, 2.24) is 4.98 Å². The molecule has 0 aliphatic carbocycles. The van der Waals surface area contributed by atoms with Crippen LogP contribution in [0.15, 0.2) is 12.3 Å². The number of carboxylic acid groups (broad SMARTS) is 1. The molecule has 0 aliphatic rings. The predicted octanol–water partition coefficient (Wildman–Crippen LogP) is 3.22. The third kappa shape index (κ3) is 2.65. The summed E-state index contributed by atoms with van der Waals surface area (Å²) in [7, 11) is 0. The number of alkyl halides is 2. The van der Waals surface area contributed by atoms with E-state index in [1.807, 2.05) is 0 Å². The van der Waals surface area contributed by atoms with Crippen molar-refractivity contribution in [3.05, 3.63) is 28.5 Å². The summed E-state index contributed by atoms with van der Waals surface area (Å²) in [5.41, 5.74) is 0.640. The van der Waals surface area contributed by atoms with Crippen molar-refractivity contribution in [1.29, 1.82) is 0 Å². The molecular weight excluding hydrogens is 325 g/mol. The van der Waals surface area contributed by atoms with Gasteiger partial charge in [0.25, 0.3) is 0 Å². The lowest BCUT2D eigenvalue weighted by Gasteiger charge is -2.04. The van der Waals surface area contributed by atoms with Gasteiger partial charge in [-0.3, -0.25) is 0 Å². The standard InChI is InChI=1S/C7H4Br2ClNO2/c8-6(9)3-2-11-5(7(12)13)1-4(3)10/h1-2,6H,(H,12,13). The maximum atomic E-state index is 10.5. The van der Waals surface area contributed by atoms with Crippen LogP contribution in [0.3, 0.4) is 0 Å². The number of halogens is 3. The van der Waals surface area contributed by atoms with Gasteiger partial charge in [0.05, 0.1) is 3.74 Å². The van der Waals surface area contributed by atoms with Gasteiger partial charge in [0.15, 0.2) is 0 Å². The minimum Gasteiger partial charge on any atom is -0.477 e. The Morgan fingerprint density at radius 1 is 1.62 bits per heavy atom. The Kier molecular flexibility index (Phi) is 3.70. The molecular formula is C7H4Br2ClNO2. The third-order valence-corrected chi connectivity index (χ3v) is 2.65. The highest BCUT2D eigenvalue weighted by Gasteiger charge is 2.12. The van der Waals surface area contributed by atoms with Gasteiger partial charge in [-0.1, -0.05) is 43.5 Å². The number of aromatic nitrogens is 1. The minimum absolute atomic E-state index is 0.0607. The topological polar surface area (TPSA) is 50.2 Å². The molecule has 6 heteroatoms. The molecule has 0 fully saturated rings. The number of hydrogen-bond donors (Lipinski definition) is 1. The first-order chi connectivity index (χ1) is 6.02. The van der Waals surface area contributed by atoms with Crippen LogP contribution in [0, 0.1) is 0 Å². The number of nitrogens with zero attached hydrogens (tertiary/aromatic N) is 1. The van der Waals surface area contributed by atoms with Crippen LogP contribution in [-0.2, 0) is 0 Å². The third-order valence-electron chi connectivity index (χ3n) is 1.34. The van der Waals surface area contributed by atoms with E-state index in [2.05, 4.69) is 36.8 Å². The quantitative estimate of drug-likeness (QED) is 0.848. The lowest BCUT2D eigenvalue weighted by molar-refractivity contribution is 0.0690. The number of hydrogen-bond acceptors (Lipinski definition) is 2. The van der Waals surface area contributed by atoms with Gasteiger partial charge in [0.1, 0.15) is 5.69 Å². The van der Waals surface area contributed by atoms with E-state index in [9.17, 15) is 4.79 Å². The van der Waals surface area contributed by atoms with Crippen molar-refractivity contribution in [2.75, 3.05) is 0 Å². The number of aromatic carboxylic acids is 1. The van der Waals surface area contributed by atoms with E-state index in [4.69, 9.17) is 16.7 Å². The molecule has 0 spiro atoms. The van der Waals surface area contributed by atoms with E-state index >= 15 is 0 Å². The van der Waals surface area contributed by atoms with Crippen LogP contribution in [0.25, 0.3) is 0 Å². The number of carboxylic acids is 1. The van der Waals surface area contributed by atoms with Crippen LogP contribution >= 0.6 is 43.5 Å². The lowest BCUT2D eigenvalue weighted by atomic mass is 10.3. The Morgan fingerprint density at radius 2 is 2.23 bits per heavy atom. The van der Waals surface area contributed by atoms with Crippen molar-refractivity contribution < 1.29 is 9.90 Å². The first kappa shape index (κ1) is 10.9. The molecule has 0 aromatic carbocycles. The summed E-state index contributed by atoms with van der Waals surface area (Å²) in [6.07, 6.45) is 1.42. The molecule has 1 aromatic rings. The van der Waals surface area contributed by atoms with E-state index in [0.717, 1.165) is 0 Å². The zero-order valence-corrected chi connectivity index (χ0v) is 10.1. The van der Waals surface area contributed by atoms with Crippen molar-refractivity contribution in [3.63, 3.8) is 0 Å². The Bertz CT molecular complexity index is 343. The molecule has 0 atom stereocenters. The highest BCUT2D eigenvalue weighted by molar-refractivity contribution is 9.24. The summed E-state index contributed by atoms with van der Waals surface area (Å²) < 4.78 is -0.122. The second-order valence-electron chi connectivity index (χ2n) is 2.20. The van der Waals surface area contributed by atoms with Crippen molar-refractivity contribution in [2.24, 2.45) is 0 Å². The van der Waals surface area contributed by atoms with Gasteiger partial charge in [0, 0.05) is 16.8 Å².